The molecule has 1 aliphatic heterocycles. The molecule has 2 amide bonds. The smallest absolute Gasteiger partial charge is 0.268 e. The molecule has 0 aliphatic carbocycles. The van der Waals surface area contributed by atoms with Crippen molar-refractivity contribution in [3.63, 3.8) is 0 Å². The van der Waals surface area contributed by atoms with Crippen molar-refractivity contribution in [2.45, 2.75) is 25.9 Å². The van der Waals surface area contributed by atoms with Gasteiger partial charge in [-0.25, -0.2) is 4.98 Å². The van der Waals surface area contributed by atoms with Crippen LogP contribution in [0.5, 0.6) is 5.75 Å². The van der Waals surface area contributed by atoms with Gasteiger partial charge in [-0.15, -0.1) is 11.3 Å². The average Bonchev–Trinajstić information content (AvgIpc) is 3.34. The van der Waals surface area contributed by atoms with Crippen molar-refractivity contribution in [1.82, 2.24) is 9.88 Å². The lowest BCUT2D eigenvalue weighted by Gasteiger charge is -2.34. The van der Waals surface area contributed by atoms with Crippen LogP contribution in [0, 0.1) is 11.3 Å². The maximum atomic E-state index is 13.1. The van der Waals surface area contributed by atoms with E-state index < -0.39 is 6.10 Å². The Morgan fingerprint density at radius 2 is 2.03 bits per heavy atom. The van der Waals surface area contributed by atoms with Crippen LogP contribution in [-0.2, 0) is 9.59 Å². The number of thiazole rings is 1. The van der Waals surface area contributed by atoms with Gasteiger partial charge in [0, 0.05) is 30.1 Å². The number of carbonyl (C=O) groups excluding carboxylic acids is 2. The molecule has 168 valence electrons. The summed E-state index contributed by atoms with van der Waals surface area (Å²) in [7, 11) is 1.64. The number of ether oxygens (including phenoxy) is 1. The first-order valence-corrected chi connectivity index (χ1v) is 11.6. The van der Waals surface area contributed by atoms with Gasteiger partial charge in [-0.1, -0.05) is 37.3 Å². The number of nitrogens with zero attached hydrogens (tertiary/aromatic N) is 4. The lowest BCUT2D eigenvalue weighted by atomic mass is 10.1. The fourth-order valence-corrected chi connectivity index (χ4v) is 4.46. The van der Waals surface area contributed by atoms with Crippen molar-refractivity contribution >= 4 is 28.8 Å². The highest BCUT2D eigenvalue weighted by molar-refractivity contribution is 7.13. The molecule has 1 aromatic heterocycles. The summed E-state index contributed by atoms with van der Waals surface area (Å²) in [6.07, 6.45) is 0.108. The van der Waals surface area contributed by atoms with Gasteiger partial charge in [0.1, 0.15) is 17.3 Å². The second-order valence-corrected chi connectivity index (χ2v) is 8.61. The quantitative estimate of drug-likeness (QED) is 0.523. The average molecular weight is 461 g/mol. The number of fused-ring (bicyclic) bond motifs is 1. The Labute approximate surface area is 196 Å². The summed E-state index contributed by atoms with van der Waals surface area (Å²) in [6.45, 7) is 2.09. The predicted molar refractivity (Wildman–Crippen MR) is 128 cm³/mol. The molecule has 0 fully saturated rings. The summed E-state index contributed by atoms with van der Waals surface area (Å²) in [5.41, 5.74) is 3.24. The van der Waals surface area contributed by atoms with Crippen LogP contribution in [0.25, 0.3) is 21.8 Å². The van der Waals surface area contributed by atoms with E-state index in [1.165, 1.54) is 9.80 Å². The molecule has 1 unspecified atom stereocenters. The molecule has 0 bridgehead atoms. The Morgan fingerprint density at radius 3 is 2.76 bits per heavy atom. The van der Waals surface area contributed by atoms with Gasteiger partial charge in [0.2, 0.25) is 5.91 Å². The molecule has 1 aliphatic rings. The third-order valence-electron chi connectivity index (χ3n) is 5.53. The number of hydrogen-bond acceptors (Lipinski definition) is 6. The topological polar surface area (TPSA) is 86.5 Å². The maximum Gasteiger partial charge on any atom is 0.268 e. The minimum absolute atomic E-state index is 0.108. The number of anilines is 1. The van der Waals surface area contributed by atoms with E-state index >= 15 is 0 Å². The molecule has 0 radical (unpaired) electrons. The molecule has 8 heteroatoms. The summed E-state index contributed by atoms with van der Waals surface area (Å²) in [5, 5.41) is 11.7. The molecule has 0 saturated carbocycles. The van der Waals surface area contributed by atoms with Crippen LogP contribution in [0.4, 0.5) is 5.69 Å². The lowest BCUT2D eigenvalue weighted by molar-refractivity contribution is -0.132. The highest BCUT2D eigenvalue weighted by Crippen LogP contribution is 2.39. The van der Waals surface area contributed by atoms with E-state index in [1.54, 1.807) is 18.4 Å². The monoisotopic (exact) mass is 460 g/mol. The predicted octanol–water partition coefficient (Wildman–Crippen LogP) is 4.35. The van der Waals surface area contributed by atoms with Gasteiger partial charge in [-0.2, -0.15) is 5.26 Å². The summed E-state index contributed by atoms with van der Waals surface area (Å²) >= 11 is 1.55. The van der Waals surface area contributed by atoms with Crippen LogP contribution in [-0.4, -0.2) is 47.9 Å². The Kier molecular flexibility index (Phi) is 6.71. The Hall–Kier alpha value is -3.70. The van der Waals surface area contributed by atoms with Gasteiger partial charge in [0.25, 0.3) is 5.91 Å². The first-order chi connectivity index (χ1) is 16.0. The standard InChI is InChI=1S/C25H24N4O3S/c1-3-21-25(31)29(15-23(30)28(2)13-7-12-26)20-14-18(10-11-22(20)32-21)19-16-33-24(27-19)17-8-5-4-6-9-17/h4-6,8-11,14,16,21H,3,7,13,15H2,1-2H3. The summed E-state index contributed by atoms with van der Waals surface area (Å²) < 4.78 is 5.92. The number of carbonyl (C=O) groups is 2. The molecule has 4 rings (SSSR count). The third kappa shape index (κ3) is 4.73. The van der Waals surface area contributed by atoms with Crippen LogP contribution in [0.3, 0.4) is 0 Å². The van der Waals surface area contributed by atoms with Crippen molar-refractivity contribution in [3.05, 3.63) is 53.9 Å². The molecule has 1 atom stereocenters. The first-order valence-electron chi connectivity index (χ1n) is 10.8. The van der Waals surface area contributed by atoms with Gasteiger partial charge < -0.3 is 9.64 Å². The minimum Gasteiger partial charge on any atom is -0.478 e. The molecule has 2 heterocycles. The molecular weight excluding hydrogens is 436 g/mol. The highest BCUT2D eigenvalue weighted by atomic mass is 32.1. The number of nitriles is 1. The summed E-state index contributed by atoms with van der Waals surface area (Å²) in [4.78, 5) is 33.6. The fraction of sp³-hybridized carbons (Fsp3) is 0.280. The van der Waals surface area contributed by atoms with E-state index in [1.807, 2.05) is 66.9 Å². The van der Waals surface area contributed by atoms with E-state index in [0.29, 0.717) is 24.4 Å². The van der Waals surface area contributed by atoms with E-state index in [2.05, 4.69) is 0 Å². The molecule has 7 nitrogen and oxygen atoms in total. The molecule has 3 aromatic rings. The largest absolute Gasteiger partial charge is 0.478 e. The number of amides is 2. The van der Waals surface area contributed by atoms with E-state index in [9.17, 15) is 9.59 Å². The van der Waals surface area contributed by atoms with Crippen LogP contribution < -0.4 is 9.64 Å². The van der Waals surface area contributed by atoms with Crippen molar-refractivity contribution in [3.8, 4) is 33.6 Å². The van der Waals surface area contributed by atoms with E-state index in [4.69, 9.17) is 15.0 Å². The molecule has 33 heavy (non-hydrogen) atoms. The molecule has 0 N–H and O–H groups in total. The second-order valence-electron chi connectivity index (χ2n) is 7.75. The lowest BCUT2D eigenvalue weighted by Crippen LogP contribution is -2.50. The fourth-order valence-electron chi connectivity index (χ4n) is 3.62. The second kappa shape index (κ2) is 9.84. The molecule has 0 saturated heterocycles. The Balaban J connectivity index is 1.65. The van der Waals surface area contributed by atoms with Gasteiger partial charge >= 0.3 is 0 Å². The van der Waals surface area contributed by atoms with Gasteiger partial charge in [0.15, 0.2) is 6.10 Å². The molecule has 2 aromatic carbocycles. The number of benzene rings is 2. The number of likely N-dealkylation sites (N-methyl/N-ethyl adjacent to an activating group) is 1. The van der Waals surface area contributed by atoms with E-state index in [-0.39, 0.29) is 24.8 Å². The zero-order chi connectivity index (χ0) is 23.4. The zero-order valence-corrected chi connectivity index (χ0v) is 19.3. The third-order valence-corrected chi connectivity index (χ3v) is 6.42. The first kappa shape index (κ1) is 22.5. The van der Waals surface area contributed by atoms with Gasteiger partial charge in [0.05, 0.1) is 23.9 Å². The van der Waals surface area contributed by atoms with Gasteiger partial charge in [-0.05, 0) is 24.6 Å². The van der Waals surface area contributed by atoms with Crippen molar-refractivity contribution in [1.29, 1.82) is 5.26 Å². The normalized spacial score (nSPS) is 14.9. The van der Waals surface area contributed by atoms with Crippen molar-refractivity contribution in [2.75, 3.05) is 25.0 Å². The molecular formula is C25H24N4O3S. The zero-order valence-electron chi connectivity index (χ0n) is 18.5. The highest BCUT2D eigenvalue weighted by Gasteiger charge is 2.35. The molecule has 0 spiro atoms. The van der Waals surface area contributed by atoms with Crippen LogP contribution in [0.15, 0.2) is 53.9 Å². The Bertz CT molecular complexity index is 1200. The van der Waals surface area contributed by atoms with Crippen LogP contribution >= 0.6 is 11.3 Å². The Morgan fingerprint density at radius 1 is 1.24 bits per heavy atom. The summed E-state index contributed by atoms with van der Waals surface area (Å²) in [6, 6.07) is 17.6. The summed E-state index contributed by atoms with van der Waals surface area (Å²) in [5.74, 6) is 0.0929. The van der Waals surface area contributed by atoms with Crippen molar-refractivity contribution < 1.29 is 14.3 Å². The van der Waals surface area contributed by atoms with Gasteiger partial charge in [-0.3, -0.25) is 14.5 Å². The van der Waals surface area contributed by atoms with E-state index in [0.717, 1.165) is 21.8 Å². The SMILES string of the molecule is CCC1Oc2ccc(-c3csc(-c4ccccc4)n3)cc2N(CC(=O)N(C)CCC#N)C1=O. The van der Waals surface area contributed by atoms with Crippen molar-refractivity contribution in [2.24, 2.45) is 0 Å². The number of aromatic nitrogens is 1. The number of rotatable bonds is 7. The van der Waals surface area contributed by atoms with Crippen LogP contribution in [0.2, 0.25) is 0 Å². The number of hydrogen-bond donors (Lipinski definition) is 0. The minimum atomic E-state index is -0.635. The maximum absolute atomic E-state index is 13.1. The van der Waals surface area contributed by atoms with Crippen LogP contribution in [0.1, 0.15) is 19.8 Å².